The molecular formula is C21H30N2O3. The monoisotopic (exact) mass is 358 g/mol. The molecule has 3 rings (SSSR count). The van der Waals surface area contributed by atoms with Gasteiger partial charge in [-0.15, -0.1) is 0 Å². The first-order valence-corrected chi connectivity index (χ1v) is 9.95. The highest BCUT2D eigenvalue weighted by Gasteiger charge is 2.27. The third-order valence-corrected chi connectivity index (χ3v) is 5.56. The zero-order valence-corrected chi connectivity index (χ0v) is 15.8. The smallest absolute Gasteiger partial charge is 0.223 e. The second kappa shape index (κ2) is 9.17. The van der Waals surface area contributed by atoms with Crippen molar-refractivity contribution in [2.45, 2.75) is 51.5 Å². The lowest BCUT2D eigenvalue weighted by molar-refractivity contribution is -0.133. The number of hydrogen-bond acceptors (Lipinski definition) is 4. The van der Waals surface area contributed by atoms with E-state index in [0.29, 0.717) is 18.6 Å². The Kier molecular flexibility index (Phi) is 6.67. The highest BCUT2D eigenvalue weighted by atomic mass is 16.5. The number of ketones is 1. The van der Waals surface area contributed by atoms with Gasteiger partial charge in [-0.05, 0) is 44.0 Å². The molecule has 1 aromatic carbocycles. The lowest BCUT2D eigenvalue weighted by atomic mass is 10.1. The number of piperazine rings is 1. The topological polar surface area (TPSA) is 49.9 Å². The third-order valence-electron chi connectivity index (χ3n) is 5.56. The van der Waals surface area contributed by atoms with E-state index in [1.165, 1.54) is 25.7 Å². The van der Waals surface area contributed by atoms with Crippen molar-refractivity contribution in [1.82, 2.24) is 9.80 Å². The highest BCUT2D eigenvalue weighted by molar-refractivity contribution is 5.98. The van der Waals surface area contributed by atoms with Crippen LogP contribution < -0.4 is 4.74 Å². The highest BCUT2D eigenvalue weighted by Crippen LogP contribution is 2.24. The summed E-state index contributed by atoms with van der Waals surface area (Å²) in [5.74, 6) is 0.890. The molecule has 5 heteroatoms. The number of carbonyl (C=O) groups is 2. The van der Waals surface area contributed by atoms with Gasteiger partial charge in [-0.1, -0.05) is 12.8 Å². The molecule has 1 heterocycles. The molecule has 1 amide bonds. The molecule has 0 bridgehead atoms. The first-order chi connectivity index (χ1) is 12.7. The fraction of sp³-hybridized carbons (Fsp3) is 0.619. The first-order valence-electron chi connectivity index (χ1n) is 9.95. The van der Waals surface area contributed by atoms with Crippen LogP contribution in [0.5, 0.6) is 5.75 Å². The zero-order valence-electron chi connectivity index (χ0n) is 15.8. The van der Waals surface area contributed by atoms with Gasteiger partial charge in [0.2, 0.25) is 5.91 Å². The van der Waals surface area contributed by atoms with E-state index >= 15 is 0 Å². The first kappa shape index (κ1) is 18.9. The number of amides is 1. The van der Waals surface area contributed by atoms with Gasteiger partial charge in [0.05, 0.1) is 6.61 Å². The molecule has 0 unspecified atom stereocenters. The fourth-order valence-electron chi connectivity index (χ4n) is 4.03. The van der Waals surface area contributed by atoms with Crippen LogP contribution in [0.2, 0.25) is 0 Å². The van der Waals surface area contributed by atoms with Gasteiger partial charge in [0.25, 0.3) is 0 Å². The molecule has 0 aromatic heterocycles. The maximum atomic E-state index is 12.4. The second-order valence-electron chi connectivity index (χ2n) is 7.24. The molecule has 1 saturated heterocycles. The molecule has 142 valence electrons. The molecule has 5 nitrogen and oxygen atoms in total. The minimum absolute atomic E-state index is 0.0194. The van der Waals surface area contributed by atoms with Gasteiger partial charge in [-0.25, -0.2) is 0 Å². The molecular weight excluding hydrogens is 328 g/mol. The molecule has 1 aromatic rings. The van der Waals surface area contributed by atoms with Crippen LogP contribution in [0.25, 0.3) is 0 Å². The Hall–Kier alpha value is -1.88. The van der Waals surface area contributed by atoms with Gasteiger partial charge in [0.1, 0.15) is 5.75 Å². The van der Waals surface area contributed by atoms with E-state index < -0.39 is 0 Å². The molecule has 1 aliphatic heterocycles. The lowest BCUT2D eigenvalue weighted by Gasteiger charge is -2.38. The quantitative estimate of drug-likeness (QED) is 0.703. The maximum Gasteiger partial charge on any atom is 0.223 e. The Labute approximate surface area is 156 Å². The zero-order chi connectivity index (χ0) is 18.4. The van der Waals surface area contributed by atoms with Gasteiger partial charge in [0, 0.05) is 50.6 Å². The number of carbonyl (C=O) groups excluding carboxylic acids is 2. The summed E-state index contributed by atoms with van der Waals surface area (Å²) in [5, 5.41) is 0. The molecule has 2 fully saturated rings. The van der Waals surface area contributed by atoms with Crippen LogP contribution in [-0.4, -0.2) is 60.3 Å². The maximum absolute atomic E-state index is 12.4. The van der Waals surface area contributed by atoms with E-state index in [0.717, 1.165) is 38.0 Å². The average Bonchev–Trinajstić information content (AvgIpc) is 3.21. The predicted molar refractivity (Wildman–Crippen MR) is 102 cm³/mol. The molecule has 0 atom stereocenters. The van der Waals surface area contributed by atoms with E-state index in [-0.39, 0.29) is 18.1 Å². The molecule has 1 saturated carbocycles. The van der Waals surface area contributed by atoms with E-state index in [9.17, 15) is 9.59 Å². The van der Waals surface area contributed by atoms with Gasteiger partial charge < -0.3 is 9.64 Å². The molecule has 1 aliphatic carbocycles. The Balaban J connectivity index is 1.41. The Morgan fingerprint density at radius 2 is 1.65 bits per heavy atom. The normalized spacial score (nSPS) is 18.9. The number of ether oxygens (including phenoxy) is 1. The Morgan fingerprint density at radius 1 is 1.00 bits per heavy atom. The molecule has 0 radical (unpaired) electrons. The Bertz CT molecular complexity index is 600. The van der Waals surface area contributed by atoms with Crippen molar-refractivity contribution < 1.29 is 14.3 Å². The van der Waals surface area contributed by atoms with Crippen LogP contribution >= 0.6 is 0 Å². The van der Waals surface area contributed by atoms with Crippen LogP contribution in [-0.2, 0) is 4.79 Å². The number of nitrogens with zero attached hydrogens (tertiary/aromatic N) is 2. The third kappa shape index (κ3) is 4.85. The van der Waals surface area contributed by atoms with Crippen LogP contribution in [0.15, 0.2) is 24.3 Å². The number of hydrogen-bond donors (Lipinski definition) is 0. The summed E-state index contributed by atoms with van der Waals surface area (Å²) in [7, 11) is 0. The van der Waals surface area contributed by atoms with Crippen LogP contribution in [0.3, 0.4) is 0 Å². The largest absolute Gasteiger partial charge is 0.494 e. The minimum atomic E-state index is 0.0194. The van der Waals surface area contributed by atoms with E-state index in [1.54, 1.807) is 24.3 Å². The number of Topliss-reactive ketones (excluding diaryl/α,β-unsaturated/α-hetero) is 1. The standard InChI is InChI=1S/C21H30N2O3/c1-2-26-19-9-7-17(8-10-19)20(24)11-12-21(25)23-15-13-22(14-16-23)18-5-3-4-6-18/h7-10,18H,2-6,11-16H2,1H3. The summed E-state index contributed by atoms with van der Waals surface area (Å²) in [6.45, 7) is 6.08. The van der Waals surface area contributed by atoms with Crippen molar-refractivity contribution in [3.05, 3.63) is 29.8 Å². The van der Waals surface area contributed by atoms with Gasteiger partial charge in [-0.2, -0.15) is 0 Å². The van der Waals surface area contributed by atoms with Crippen molar-refractivity contribution in [2.24, 2.45) is 0 Å². The number of rotatable bonds is 7. The molecule has 26 heavy (non-hydrogen) atoms. The summed E-state index contributed by atoms with van der Waals surface area (Å²) in [5.41, 5.74) is 0.646. The van der Waals surface area contributed by atoms with Gasteiger partial charge in [-0.3, -0.25) is 14.5 Å². The number of benzene rings is 1. The summed E-state index contributed by atoms with van der Waals surface area (Å²) in [6.07, 6.45) is 5.88. The summed E-state index contributed by atoms with van der Waals surface area (Å²) in [4.78, 5) is 29.2. The van der Waals surface area contributed by atoms with Crippen molar-refractivity contribution in [3.8, 4) is 5.75 Å². The molecule has 0 spiro atoms. The van der Waals surface area contributed by atoms with Crippen molar-refractivity contribution in [1.29, 1.82) is 0 Å². The van der Waals surface area contributed by atoms with E-state index in [1.807, 2.05) is 11.8 Å². The second-order valence-corrected chi connectivity index (χ2v) is 7.24. The lowest BCUT2D eigenvalue weighted by Crippen LogP contribution is -2.51. The average molecular weight is 358 g/mol. The van der Waals surface area contributed by atoms with Gasteiger partial charge >= 0.3 is 0 Å². The van der Waals surface area contributed by atoms with E-state index in [2.05, 4.69) is 4.90 Å². The van der Waals surface area contributed by atoms with Crippen molar-refractivity contribution >= 4 is 11.7 Å². The summed E-state index contributed by atoms with van der Waals surface area (Å²) in [6, 6.07) is 7.89. The summed E-state index contributed by atoms with van der Waals surface area (Å²) >= 11 is 0. The Morgan fingerprint density at radius 3 is 2.27 bits per heavy atom. The SMILES string of the molecule is CCOc1ccc(C(=O)CCC(=O)N2CCN(C3CCCC3)CC2)cc1. The molecule has 0 N–H and O–H groups in total. The van der Waals surface area contributed by atoms with Crippen molar-refractivity contribution in [3.63, 3.8) is 0 Å². The van der Waals surface area contributed by atoms with E-state index in [4.69, 9.17) is 4.74 Å². The van der Waals surface area contributed by atoms with Gasteiger partial charge in [0.15, 0.2) is 5.78 Å². The fourth-order valence-corrected chi connectivity index (χ4v) is 4.03. The predicted octanol–water partition coefficient (Wildman–Crippen LogP) is 3.14. The summed E-state index contributed by atoms with van der Waals surface area (Å²) < 4.78 is 5.39. The van der Waals surface area contributed by atoms with Crippen molar-refractivity contribution in [2.75, 3.05) is 32.8 Å². The van der Waals surface area contributed by atoms with Crippen LogP contribution in [0.1, 0.15) is 55.8 Å². The molecule has 2 aliphatic rings. The van der Waals surface area contributed by atoms with Crippen LogP contribution in [0.4, 0.5) is 0 Å². The van der Waals surface area contributed by atoms with Crippen LogP contribution in [0, 0.1) is 0 Å². The minimum Gasteiger partial charge on any atom is -0.494 e.